The molecule has 5 nitrogen and oxygen atoms in total. The Bertz CT molecular complexity index is 738. The van der Waals surface area contributed by atoms with Crippen molar-refractivity contribution in [1.82, 2.24) is 10.6 Å². The van der Waals surface area contributed by atoms with Gasteiger partial charge in [-0.05, 0) is 63.9 Å². The standard InChI is InChI=1S/C20H26N2O3/c1-13-4-6-18(14(2)10-13)24-12-17-5-7-19(25-17)20(23)22-16-8-9-21-15(3)11-16/h4-7,10,15-16,21H,8-9,11-12H2,1-3H3,(H,22,23). The highest BCUT2D eigenvalue weighted by atomic mass is 16.5. The van der Waals surface area contributed by atoms with Crippen molar-refractivity contribution < 1.29 is 13.9 Å². The highest BCUT2D eigenvalue weighted by molar-refractivity contribution is 5.91. The van der Waals surface area contributed by atoms with Crippen LogP contribution < -0.4 is 15.4 Å². The van der Waals surface area contributed by atoms with Crippen LogP contribution in [0.5, 0.6) is 5.75 Å². The smallest absolute Gasteiger partial charge is 0.287 e. The summed E-state index contributed by atoms with van der Waals surface area (Å²) in [5.74, 6) is 1.66. The number of benzene rings is 1. The Kier molecular flexibility index (Phi) is 5.43. The Morgan fingerprint density at radius 3 is 2.92 bits per heavy atom. The maximum atomic E-state index is 12.3. The molecule has 0 radical (unpaired) electrons. The molecule has 0 aliphatic carbocycles. The maximum Gasteiger partial charge on any atom is 0.287 e. The van der Waals surface area contributed by atoms with Crippen LogP contribution >= 0.6 is 0 Å². The lowest BCUT2D eigenvalue weighted by atomic mass is 10.0. The molecule has 1 fully saturated rings. The Labute approximate surface area is 148 Å². The van der Waals surface area contributed by atoms with Crippen LogP contribution in [0.4, 0.5) is 0 Å². The van der Waals surface area contributed by atoms with E-state index in [1.165, 1.54) is 5.56 Å². The summed E-state index contributed by atoms with van der Waals surface area (Å²) < 4.78 is 11.4. The molecule has 1 aliphatic heterocycles. The van der Waals surface area contributed by atoms with Crippen LogP contribution in [0.3, 0.4) is 0 Å². The number of hydrogen-bond acceptors (Lipinski definition) is 4. The zero-order valence-corrected chi connectivity index (χ0v) is 15.1. The van der Waals surface area contributed by atoms with Gasteiger partial charge in [0.1, 0.15) is 18.1 Å². The summed E-state index contributed by atoms with van der Waals surface area (Å²) in [4.78, 5) is 12.3. The van der Waals surface area contributed by atoms with E-state index < -0.39 is 0 Å². The molecule has 3 rings (SSSR count). The first-order valence-corrected chi connectivity index (χ1v) is 8.84. The van der Waals surface area contributed by atoms with Crippen molar-refractivity contribution in [3.8, 4) is 5.75 Å². The zero-order chi connectivity index (χ0) is 17.8. The largest absolute Gasteiger partial charge is 0.485 e. The number of aryl methyl sites for hydroxylation is 2. The molecule has 2 aromatic rings. The summed E-state index contributed by atoms with van der Waals surface area (Å²) in [5, 5.41) is 6.43. The van der Waals surface area contributed by atoms with Crippen molar-refractivity contribution in [2.45, 2.75) is 52.3 Å². The lowest BCUT2D eigenvalue weighted by molar-refractivity contribution is 0.0893. The highest BCUT2D eigenvalue weighted by Crippen LogP contribution is 2.20. The number of rotatable bonds is 5. The Morgan fingerprint density at radius 1 is 1.32 bits per heavy atom. The molecule has 2 atom stereocenters. The number of piperidine rings is 1. The molecule has 1 aromatic carbocycles. The van der Waals surface area contributed by atoms with E-state index in [1.807, 2.05) is 19.1 Å². The molecule has 25 heavy (non-hydrogen) atoms. The lowest BCUT2D eigenvalue weighted by Crippen LogP contribution is -2.46. The Hall–Kier alpha value is -2.27. The molecule has 0 bridgehead atoms. The molecular weight excluding hydrogens is 316 g/mol. The third-order valence-corrected chi connectivity index (χ3v) is 4.54. The van der Waals surface area contributed by atoms with E-state index in [-0.39, 0.29) is 11.9 Å². The van der Waals surface area contributed by atoms with Gasteiger partial charge in [-0.3, -0.25) is 4.79 Å². The van der Waals surface area contributed by atoms with Gasteiger partial charge >= 0.3 is 0 Å². The van der Waals surface area contributed by atoms with Gasteiger partial charge in [0.05, 0.1) is 0 Å². The van der Waals surface area contributed by atoms with E-state index in [1.54, 1.807) is 12.1 Å². The number of carbonyl (C=O) groups excluding carboxylic acids is 1. The summed E-state index contributed by atoms with van der Waals surface area (Å²) in [6.07, 6.45) is 1.88. The number of nitrogens with one attached hydrogen (secondary N) is 2. The number of hydrogen-bond donors (Lipinski definition) is 2. The number of furan rings is 1. The van der Waals surface area contributed by atoms with Crippen molar-refractivity contribution in [3.63, 3.8) is 0 Å². The summed E-state index contributed by atoms with van der Waals surface area (Å²) in [6, 6.07) is 10.2. The predicted octanol–water partition coefficient (Wildman–Crippen LogP) is 3.35. The Morgan fingerprint density at radius 2 is 2.16 bits per heavy atom. The predicted molar refractivity (Wildman–Crippen MR) is 96.9 cm³/mol. The van der Waals surface area contributed by atoms with Gasteiger partial charge in [-0.2, -0.15) is 0 Å². The molecule has 2 unspecified atom stereocenters. The zero-order valence-electron chi connectivity index (χ0n) is 15.1. The molecule has 2 N–H and O–H groups in total. The van der Waals surface area contributed by atoms with E-state index in [0.717, 1.165) is 30.7 Å². The second-order valence-electron chi connectivity index (χ2n) is 6.87. The average Bonchev–Trinajstić information content (AvgIpc) is 3.03. The third-order valence-electron chi connectivity index (χ3n) is 4.54. The van der Waals surface area contributed by atoms with Gasteiger partial charge in [0, 0.05) is 12.1 Å². The van der Waals surface area contributed by atoms with Gasteiger partial charge in [-0.1, -0.05) is 17.7 Å². The van der Waals surface area contributed by atoms with Crippen LogP contribution in [0.1, 0.15) is 47.2 Å². The molecule has 5 heteroatoms. The quantitative estimate of drug-likeness (QED) is 0.875. The van der Waals surface area contributed by atoms with E-state index in [0.29, 0.717) is 24.2 Å². The van der Waals surface area contributed by atoms with Crippen molar-refractivity contribution in [1.29, 1.82) is 0 Å². The molecule has 0 saturated carbocycles. The second kappa shape index (κ2) is 7.74. The van der Waals surface area contributed by atoms with Crippen molar-refractivity contribution >= 4 is 5.91 Å². The SMILES string of the molecule is Cc1ccc(OCc2ccc(C(=O)NC3CCNC(C)C3)o2)c(C)c1. The summed E-state index contributed by atoms with van der Waals surface area (Å²) in [7, 11) is 0. The fourth-order valence-electron chi connectivity index (χ4n) is 3.21. The average molecular weight is 342 g/mol. The third kappa shape index (κ3) is 4.63. The van der Waals surface area contributed by atoms with Crippen molar-refractivity contribution in [2.75, 3.05) is 6.54 Å². The van der Waals surface area contributed by atoms with Gasteiger partial charge in [-0.25, -0.2) is 0 Å². The van der Waals surface area contributed by atoms with Crippen LogP contribution in [0.15, 0.2) is 34.7 Å². The van der Waals surface area contributed by atoms with Gasteiger partial charge in [0.25, 0.3) is 5.91 Å². The monoisotopic (exact) mass is 342 g/mol. The molecule has 0 spiro atoms. The van der Waals surface area contributed by atoms with Gasteiger partial charge < -0.3 is 19.8 Å². The summed E-state index contributed by atoms with van der Waals surface area (Å²) >= 11 is 0. The van der Waals surface area contributed by atoms with Gasteiger partial charge in [-0.15, -0.1) is 0 Å². The fourth-order valence-corrected chi connectivity index (χ4v) is 3.21. The number of ether oxygens (including phenoxy) is 1. The van der Waals surface area contributed by atoms with E-state index >= 15 is 0 Å². The van der Waals surface area contributed by atoms with Crippen LogP contribution in [0.2, 0.25) is 0 Å². The maximum absolute atomic E-state index is 12.3. The normalized spacial score (nSPS) is 20.3. The first-order valence-electron chi connectivity index (χ1n) is 8.84. The van der Waals surface area contributed by atoms with E-state index in [9.17, 15) is 4.79 Å². The molecule has 1 saturated heterocycles. The number of carbonyl (C=O) groups is 1. The minimum atomic E-state index is -0.156. The van der Waals surface area contributed by atoms with E-state index in [4.69, 9.17) is 9.15 Å². The molecule has 1 aliphatic rings. The minimum absolute atomic E-state index is 0.156. The van der Waals surface area contributed by atoms with Crippen LogP contribution in [0.25, 0.3) is 0 Å². The summed E-state index contributed by atoms with van der Waals surface area (Å²) in [5.41, 5.74) is 2.29. The first kappa shape index (κ1) is 17.5. The lowest BCUT2D eigenvalue weighted by Gasteiger charge is -2.28. The molecule has 2 heterocycles. The molecular formula is C20H26N2O3. The van der Waals surface area contributed by atoms with Gasteiger partial charge in [0.2, 0.25) is 0 Å². The van der Waals surface area contributed by atoms with Crippen LogP contribution in [-0.4, -0.2) is 24.5 Å². The van der Waals surface area contributed by atoms with Crippen molar-refractivity contribution in [2.24, 2.45) is 0 Å². The van der Waals surface area contributed by atoms with E-state index in [2.05, 4.69) is 30.5 Å². The minimum Gasteiger partial charge on any atom is -0.485 e. The first-order chi connectivity index (χ1) is 12.0. The summed E-state index contributed by atoms with van der Waals surface area (Å²) in [6.45, 7) is 7.44. The van der Waals surface area contributed by atoms with Crippen LogP contribution in [0, 0.1) is 13.8 Å². The number of amides is 1. The van der Waals surface area contributed by atoms with Gasteiger partial charge in [0.15, 0.2) is 5.76 Å². The van der Waals surface area contributed by atoms with Crippen LogP contribution in [-0.2, 0) is 6.61 Å². The highest BCUT2D eigenvalue weighted by Gasteiger charge is 2.21. The topological polar surface area (TPSA) is 63.5 Å². The molecule has 1 aromatic heterocycles. The molecule has 1 amide bonds. The fraction of sp³-hybridized carbons (Fsp3) is 0.450. The molecule has 134 valence electrons. The van der Waals surface area contributed by atoms with Crippen molar-refractivity contribution in [3.05, 3.63) is 53.0 Å². The Balaban J connectivity index is 1.55. The second-order valence-corrected chi connectivity index (χ2v) is 6.87.